The number of amides is 3. The lowest BCUT2D eigenvalue weighted by Crippen LogP contribution is -2.60. The average molecular weight is 467 g/mol. The second-order valence-corrected chi connectivity index (χ2v) is 8.39. The molecule has 1 atom stereocenters. The van der Waals surface area contributed by atoms with Crippen LogP contribution >= 0.6 is 0 Å². The van der Waals surface area contributed by atoms with Crippen LogP contribution in [0.1, 0.15) is 23.2 Å². The molecule has 2 heterocycles. The van der Waals surface area contributed by atoms with Gasteiger partial charge in [-0.15, -0.1) is 0 Å². The SMILES string of the molecule is COc1ccc(N2CCN(C(=O)c3ccccc3OCCN3CCCC3=O)[C@H](C(N)=O)C2)cc1. The van der Waals surface area contributed by atoms with Gasteiger partial charge in [-0.25, -0.2) is 0 Å². The number of hydrogen-bond acceptors (Lipinski definition) is 6. The Balaban J connectivity index is 1.45. The Labute approximate surface area is 199 Å². The minimum atomic E-state index is -0.779. The van der Waals surface area contributed by atoms with Crippen molar-refractivity contribution in [2.75, 3.05) is 51.3 Å². The highest BCUT2D eigenvalue weighted by Crippen LogP contribution is 2.26. The van der Waals surface area contributed by atoms with Crippen molar-refractivity contribution < 1.29 is 23.9 Å². The second-order valence-electron chi connectivity index (χ2n) is 8.39. The minimum absolute atomic E-state index is 0.131. The maximum atomic E-state index is 13.5. The zero-order valence-corrected chi connectivity index (χ0v) is 19.3. The third kappa shape index (κ3) is 5.08. The van der Waals surface area contributed by atoms with Gasteiger partial charge in [0.1, 0.15) is 24.1 Å². The molecule has 0 saturated carbocycles. The third-order valence-electron chi connectivity index (χ3n) is 6.31. The van der Waals surface area contributed by atoms with Crippen molar-refractivity contribution in [1.82, 2.24) is 9.80 Å². The van der Waals surface area contributed by atoms with E-state index < -0.39 is 11.9 Å². The smallest absolute Gasteiger partial charge is 0.258 e. The zero-order chi connectivity index (χ0) is 24.1. The fourth-order valence-electron chi connectivity index (χ4n) is 4.43. The van der Waals surface area contributed by atoms with Crippen LogP contribution in [0.25, 0.3) is 0 Å². The molecule has 4 rings (SSSR count). The number of likely N-dealkylation sites (tertiary alicyclic amines) is 1. The van der Waals surface area contributed by atoms with Crippen LogP contribution in [0.4, 0.5) is 5.69 Å². The molecule has 3 amide bonds. The number of benzene rings is 2. The quantitative estimate of drug-likeness (QED) is 0.632. The largest absolute Gasteiger partial charge is 0.497 e. The predicted octanol–water partition coefficient (Wildman–Crippen LogP) is 1.51. The van der Waals surface area contributed by atoms with Gasteiger partial charge in [-0.05, 0) is 42.8 Å². The number of carbonyl (C=O) groups excluding carboxylic acids is 3. The van der Waals surface area contributed by atoms with E-state index in [2.05, 4.69) is 0 Å². The first-order valence-corrected chi connectivity index (χ1v) is 11.5. The summed E-state index contributed by atoms with van der Waals surface area (Å²) in [6.07, 6.45) is 1.44. The van der Waals surface area contributed by atoms with Gasteiger partial charge in [0, 0.05) is 38.3 Å². The second kappa shape index (κ2) is 10.5. The van der Waals surface area contributed by atoms with Crippen molar-refractivity contribution in [3.63, 3.8) is 0 Å². The van der Waals surface area contributed by atoms with Crippen LogP contribution in [-0.4, -0.2) is 80.0 Å². The molecule has 2 aromatic carbocycles. The molecule has 0 bridgehead atoms. The number of para-hydroxylation sites is 1. The van der Waals surface area contributed by atoms with Gasteiger partial charge >= 0.3 is 0 Å². The van der Waals surface area contributed by atoms with E-state index in [1.165, 1.54) is 4.90 Å². The average Bonchev–Trinajstić information content (AvgIpc) is 3.28. The van der Waals surface area contributed by atoms with E-state index in [0.29, 0.717) is 50.5 Å². The van der Waals surface area contributed by atoms with Crippen LogP contribution < -0.4 is 20.1 Å². The summed E-state index contributed by atoms with van der Waals surface area (Å²) in [5.74, 6) is 0.449. The van der Waals surface area contributed by atoms with Gasteiger partial charge in [0.05, 0.1) is 19.2 Å². The van der Waals surface area contributed by atoms with E-state index in [-0.39, 0.29) is 11.8 Å². The normalized spacial score (nSPS) is 18.2. The lowest BCUT2D eigenvalue weighted by molar-refractivity contribution is -0.128. The molecule has 0 unspecified atom stereocenters. The van der Waals surface area contributed by atoms with Gasteiger partial charge in [0.2, 0.25) is 11.8 Å². The standard InChI is InChI=1S/C25H30N4O5/c1-33-19-10-8-18(9-11-19)28-13-14-29(21(17-28)24(26)31)25(32)20-5-2-3-6-22(20)34-16-15-27-12-4-7-23(27)30/h2-3,5-6,8-11,21H,4,7,12-17H2,1H3,(H2,26,31)/t21-/m0/s1. The van der Waals surface area contributed by atoms with Crippen molar-refractivity contribution in [2.45, 2.75) is 18.9 Å². The Hall–Kier alpha value is -3.75. The van der Waals surface area contributed by atoms with E-state index >= 15 is 0 Å². The highest BCUT2D eigenvalue weighted by atomic mass is 16.5. The Bertz CT molecular complexity index is 1040. The first-order valence-electron chi connectivity index (χ1n) is 11.5. The maximum Gasteiger partial charge on any atom is 0.258 e. The summed E-state index contributed by atoms with van der Waals surface area (Å²) in [5.41, 5.74) is 7.02. The van der Waals surface area contributed by atoms with Crippen molar-refractivity contribution in [2.24, 2.45) is 5.73 Å². The molecule has 2 aliphatic rings. The van der Waals surface area contributed by atoms with E-state index in [0.717, 1.165) is 24.4 Å². The van der Waals surface area contributed by atoms with Crippen molar-refractivity contribution in [3.8, 4) is 11.5 Å². The van der Waals surface area contributed by atoms with E-state index in [9.17, 15) is 14.4 Å². The molecule has 9 heteroatoms. The Morgan fingerprint density at radius 3 is 2.50 bits per heavy atom. The number of nitrogens with two attached hydrogens (primary N) is 1. The Morgan fingerprint density at radius 1 is 1.06 bits per heavy atom. The fraction of sp³-hybridized carbons (Fsp3) is 0.400. The molecule has 0 spiro atoms. The lowest BCUT2D eigenvalue weighted by Gasteiger charge is -2.41. The highest BCUT2D eigenvalue weighted by Gasteiger charge is 2.35. The van der Waals surface area contributed by atoms with Crippen LogP contribution in [-0.2, 0) is 9.59 Å². The molecule has 0 aromatic heterocycles. The monoisotopic (exact) mass is 466 g/mol. The molecule has 9 nitrogen and oxygen atoms in total. The molecule has 0 aliphatic carbocycles. The number of carbonyl (C=O) groups is 3. The number of rotatable bonds is 8. The molecular weight excluding hydrogens is 436 g/mol. The number of ether oxygens (including phenoxy) is 2. The topological polar surface area (TPSA) is 105 Å². The fourth-order valence-corrected chi connectivity index (χ4v) is 4.43. The molecule has 2 aliphatic heterocycles. The molecule has 2 saturated heterocycles. The Morgan fingerprint density at radius 2 is 1.82 bits per heavy atom. The summed E-state index contributed by atoms with van der Waals surface area (Å²) in [5, 5.41) is 0. The van der Waals surface area contributed by atoms with Gasteiger partial charge in [-0.2, -0.15) is 0 Å². The lowest BCUT2D eigenvalue weighted by atomic mass is 10.1. The van der Waals surface area contributed by atoms with Crippen molar-refractivity contribution in [1.29, 1.82) is 0 Å². The Kier molecular flexibility index (Phi) is 7.20. The van der Waals surface area contributed by atoms with Gasteiger partial charge in [-0.3, -0.25) is 14.4 Å². The van der Waals surface area contributed by atoms with Gasteiger partial charge in [-0.1, -0.05) is 12.1 Å². The third-order valence-corrected chi connectivity index (χ3v) is 6.31. The number of nitrogens with zero attached hydrogens (tertiary/aromatic N) is 3. The molecule has 34 heavy (non-hydrogen) atoms. The van der Waals surface area contributed by atoms with E-state index in [4.69, 9.17) is 15.2 Å². The summed E-state index contributed by atoms with van der Waals surface area (Å²) in [4.78, 5) is 42.9. The maximum absolute atomic E-state index is 13.5. The molecule has 2 N–H and O–H groups in total. The number of methoxy groups -OCH3 is 1. The first kappa shape index (κ1) is 23.4. The van der Waals surface area contributed by atoms with Crippen LogP contribution in [0.15, 0.2) is 48.5 Å². The van der Waals surface area contributed by atoms with Gasteiger partial charge in [0.25, 0.3) is 5.91 Å². The summed E-state index contributed by atoms with van der Waals surface area (Å²) < 4.78 is 11.1. The van der Waals surface area contributed by atoms with Crippen LogP contribution in [0.2, 0.25) is 0 Å². The summed E-state index contributed by atoms with van der Waals surface area (Å²) in [6, 6.07) is 13.7. The molecule has 2 fully saturated rings. The predicted molar refractivity (Wildman–Crippen MR) is 127 cm³/mol. The van der Waals surface area contributed by atoms with E-state index in [1.54, 1.807) is 36.3 Å². The van der Waals surface area contributed by atoms with Crippen LogP contribution in [0, 0.1) is 0 Å². The number of hydrogen-bond donors (Lipinski definition) is 1. The highest BCUT2D eigenvalue weighted by molar-refractivity contribution is 6.00. The zero-order valence-electron chi connectivity index (χ0n) is 19.3. The first-order chi connectivity index (χ1) is 16.5. The summed E-state index contributed by atoms with van der Waals surface area (Å²) in [7, 11) is 1.61. The molecule has 2 aromatic rings. The van der Waals surface area contributed by atoms with Crippen molar-refractivity contribution in [3.05, 3.63) is 54.1 Å². The van der Waals surface area contributed by atoms with Gasteiger partial charge in [0.15, 0.2) is 0 Å². The molecule has 180 valence electrons. The minimum Gasteiger partial charge on any atom is -0.497 e. The number of anilines is 1. The van der Waals surface area contributed by atoms with Crippen molar-refractivity contribution >= 4 is 23.4 Å². The summed E-state index contributed by atoms with van der Waals surface area (Å²) in [6.45, 7) is 2.71. The number of primary amides is 1. The summed E-state index contributed by atoms with van der Waals surface area (Å²) >= 11 is 0. The molecule has 0 radical (unpaired) electrons. The number of piperazine rings is 1. The van der Waals surface area contributed by atoms with Crippen LogP contribution in [0.3, 0.4) is 0 Å². The molecular formula is C25H30N4O5. The van der Waals surface area contributed by atoms with Gasteiger partial charge < -0.3 is 29.9 Å². The van der Waals surface area contributed by atoms with Crippen LogP contribution in [0.5, 0.6) is 11.5 Å². The van der Waals surface area contributed by atoms with E-state index in [1.807, 2.05) is 29.2 Å².